The third-order valence-corrected chi connectivity index (χ3v) is 2.91. The number of H-pyrrole nitrogens is 1. The molecule has 0 aliphatic carbocycles. The van der Waals surface area contributed by atoms with Crippen LogP contribution in [0.3, 0.4) is 0 Å². The lowest BCUT2D eigenvalue weighted by Crippen LogP contribution is -2.18. The number of nitrogens with one attached hydrogen (secondary N) is 2. The van der Waals surface area contributed by atoms with Crippen molar-refractivity contribution in [1.29, 1.82) is 0 Å². The van der Waals surface area contributed by atoms with Crippen LogP contribution in [-0.2, 0) is 6.54 Å². The second kappa shape index (κ2) is 6.45. The highest BCUT2D eigenvalue weighted by atomic mass is 19.1. The third-order valence-electron chi connectivity index (χ3n) is 2.91. The van der Waals surface area contributed by atoms with Crippen molar-refractivity contribution in [2.24, 2.45) is 0 Å². The summed E-state index contributed by atoms with van der Waals surface area (Å²) >= 11 is 0. The first kappa shape index (κ1) is 13.7. The zero-order valence-corrected chi connectivity index (χ0v) is 10.9. The van der Waals surface area contributed by atoms with Crippen LogP contribution in [0.1, 0.15) is 18.9 Å². The number of aliphatic hydroxyl groups is 1. The lowest BCUT2D eigenvalue weighted by atomic mass is 10.1. The fourth-order valence-corrected chi connectivity index (χ4v) is 1.85. The van der Waals surface area contributed by atoms with E-state index in [4.69, 9.17) is 0 Å². The topological polar surface area (TPSA) is 60.9 Å². The van der Waals surface area contributed by atoms with Gasteiger partial charge in [0.2, 0.25) is 0 Å². The van der Waals surface area contributed by atoms with Gasteiger partial charge in [0.15, 0.2) is 0 Å². The minimum atomic E-state index is -0.298. The summed E-state index contributed by atoms with van der Waals surface area (Å²) in [7, 11) is 0. The summed E-state index contributed by atoms with van der Waals surface area (Å²) < 4.78 is 12.9. The Kier molecular flexibility index (Phi) is 4.65. The minimum absolute atomic E-state index is 0.250. The third kappa shape index (κ3) is 3.87. The first-order valence-corrected chi connectivity index (χ1v) is 6.34. The quantitative estimate of drug-likeness (QED) is 0.699. The van der Waals surface area contributed by atoms with Crippen LogP contribution in [0.25, 0.3) is 11.3 Å². The van der Waals surface area contributed by atoms with Gasteiger partial charge in [-0.2, -0.15) is 5.10 Å². The first-order valence-electron chi connectivity index (χ1n) is 6.34. The van der Waals surface area contributed by atoms with E-state index < -0.39 is 0 Å². The van der Waals surface area contributed by atoms with Crippen molar-refractivity contribution in [3.63, 3.8) is 0 Å². The Labute approximate surface area is 111 Å². The van der Waals surface area contributed by atoms with Crippen molar-refractivity contribution < 1.29 is 9.50 Å². The number of halogens is 1. The van der Waals surface area contributed by atoms with E-state index in [0.29, 0.717) is 13.0 Å². The predicted molar refractivity (Wildman–Crippen MR) is 72.0 cm³/mol. The van der Waals surface area contributed by atoms with Gasteiger partial charge < -0.3 is 10.4 Å². The number of benzene rings is 1. The Morgan fingerprint density at radius 1 is 1.37 bits per heavy atom. The molecule has 0 radical (unpaired) electrons. The normalized spacial score (nSPS) is 12.6. The standard InChI is InChI=1S/C14H18FN3O/c1-10(19)6-7-16-8-12-9-17-18-14(12)11-2-4-13(15)5-3-11/h2-5,9-10,16,19H,6-8H2,1H3,(H,17,18). The van der Waals surface area contributed by atoms with Crippen LogP contribution in [0.15, 0.2) is 30.5 Å². The zero-order valence-electron chi connectivity index (χ0n) is 10.9. The molecule has 0 spiro atoms. The highest BCUT2D eigenvalue weighted by Crippen LogP contribution is 2.21. The van der Waals surface area contributed by atoms with Crippen LogP contribution in [0.4, 0.5) is 4.39 Å². The Balaban J connectivity index is 1.99. The van der Waals surface area contributed by atoms with Crippen LogP contribution in [0.5, 0.6) is 0 Å². The van der Waals surface area contributed by atoms with E-state index in [1.165, 1.54) is 12.1 Å². The summed E-state index contributed by atoms with van der Waals surface area (Å²) in [5, 5.41) is 19.4. The van der Waals surface area contributed by atoms with Gasteiger partial charge in [-0.05, 0) is 44.2 Å². The number of aliphatic hydroxyl groups excluding tert-OH is 1. The van der Waals surface area contributed by atoms with E-state index >= 15 is 0 Å². The summed E-state index contributed by atoms with van der Waals surface area (Å²) in [5.74, 6) is -0.250. The fraction of sp³-hybridized carbons (Fsp3) is 0.357. The molecular formula is C14H18FN3O. The second-order valence-electron chi connectivity index (χ2n) is 4.59. The summed E-state index contributed by atoms with van der Waals surface area (Å²) in [6, 6.07) is 6.31. The van der Waals surface area contributed by atoms with Gasteiger partial charge in [-0.3, -0.25) is 5.10 Å². The largest absolute Gasteiger partial charge is 0.393 e. The van der Waals surface area contributed by atoms with E-state index in [-0.39, 0.29) is 11.9 Å². The van der Waals surface area contributed by atoms with E-state index in [1.807, 2.05) is 0 Å². The Morgan fingerprint density at radius 3 is 2.79 bits per heavy atom. The van der Waals surface area contributed by atoms with Crippen molar-refractivity contribution in [3.8, 4) is 11.3 Å². The molecule has 0 aliphatic heterocycles. The molecule has 102 valence electrons. The van der Waals surface area contributed by atoms with Crippen LogP contribution < -0.4 is 5.32 Å². The number of aromatic amines is 1. The molecule has 0 saturated heterocycles. The average molecular weight is 263 g/mol. The molecule has 2 aromatic rings. The van der Waals surface area contributed by atoms with E-state index in [1.54, 1.807) is 25.3 Å². The molecule has 0 fully saturated rings. The zero-order chi connectivity index (χ0) is 13.7. The molecular weight excluding hydrogens is 245 g/mol. The van der Waals surface area contributed by atoms with Crippen LogP contribution in [0, 0.1) is 5.82 Å². The number of hydrogen-bond acceptors (Lipinski definition) is 3. The Morgan fingerprint density at radius 2 is 2.11 bits per heavy atom. The number of rotatable bonds is 6. The molecule has 3 N–H and O–H groups in total. The number of hydrogen-bond donors (Lipinski definition) is 3. The van der Waals surface area contributed by atoms with E-state index in [0.717, 1.165) is 23.4 Å². The molecule has 2 rings (SSSR count). The lowest BCUT2D eigenvalue weighted by Gasteiger charge is -2.07. The van der Waals surface area contributed by atoms with Gasteiger partial charge in [-0.1, -0.05) is 0 Å². The molecule has 4 nitrogen and oxygen atoms in total. The smallest absolute Gasteiger partial charge is 0.123 e. The van der Waals surface area contributed by atoms with Crippen LogP contribution in [0.2, 0.25) is 0 Å². The maximum absolute atomic E-state index is 12.9. The van der Waals surface area contributed by atoms with Gasteiger partial charge in [0, 0.05) is 17.7 Å². The highest BCUT2D eigenvalue weighted by molar-refractivity contribution is 5.62. The maximum atomic E-state index is 12.9. The fourth-order valence-electron chi connectivity index (χ4n) is 1.85. The van der Waals surface area contributed by atoms with Crippen LogP contribution in [-0.4, -0.2) is 28.0 Å². The van der Waals surface area contributed by atoms with Gasteiger partial charge in [-0.15, -0.1) is 0 Å². The molecule has 0 amide bonds. The second-order valence-corrected chi connectivity index (χ2v) is 4.59. The van der Waals surface area contributed by atoms with Gasteiger partial charge in [0.25, 0.3) is 0 Å². The molecule has 1 aromatic carbocycles. The average Bonchev–Trinajstić information content (AvgIpc) is 2.84. The van der Waals surface area contributed by atoms with Gasteiger partial charge in [0.05, 0.1) is 18.0 Å². The molecule has 1 heterocycles. The van der Waals surface area contributed by atoms with Crippen molar-refractivity contribution in [2.75, 3.05) is 6.54 Å². The molecule has 0 bridgehead atoms. The SMILES string of the molecule is CC(O)CCNCc1cn[nH]c1-c1ccc(F)cc1. The summed E-state index contributed by atoms with van der Waals surface area (Å²) in [6.45, 7) is 3.17. The molecule has 5 heteroatoms. The molecule has 1 aromatic heterocycles. The summed E-state index contributed by atoms with van der Waals surface area (Å²) in [6.07, 6.45) is 2.17. The van der Waals surface area contributed by atoms with Crippen molar-refractivity contribution in [1.82, 2.24) is 15.5 Å². The minimum Gasteiger partial charge on any atom is -0.393 e. The van der Waals surface area contributed by atoms with Crippen LogP contribution >= 0.6 is 0 Å². The Bertz CT molecular complexity index is 508. The molecule has 1 unspecified atom stereocenters. The predicted octanol–water partition coefficient (Wildman–Crippen LogP) is 2.08. The van der Waals surface area contributed by atoms with Crippen molar-refractivity contribution >= 4 is 0 Å². The number of nitrogens with zero attached hydrogens (tertiary/aromatic N) is 1. The highest BCUT2D eigenvalue weighted by Gasteiger charge is 2.07. The molecule has 0 aliphatic rings. The van der Waals surface area contributed by atoms with Gasteiger partial charge in [-0.25, -0.2) is 4.39 Å². The lowest BCUT2D eigenvalue weighted by molar-refractivity contribution is 0.183. The van der Waals surface area contributed by atoms with E-state index in [9.17, 15) is 9.50 Å². The molecule has 19 heavy (non-hydrogen) atoms. The summed E-state index contributed by atoms with van der Waals surface area (Å²) in [4.78, 5) is 0. The monoisotopic (exact) mass is 263 g/mol. The maximum Gasteiger partial charge on any atom is 0.123 e. The van der Waals surface area contributed by atoms with Crippen molar-refractivity contribution in [3.05, 3.63) is 41.8 Å². The van der Waals surface area contributed by atoms with E-state index in [2.05, 4.69) is 15.5 Å². The Hall–Kier alpha value is -1.72. The number of aromatic nitrogens is 2. The first-order chi connectivity index (χ1) is 9.16. The van der Waals surface area contributed by atoms with Gasteiger partial charge in [0.1, 0.15) is 5.82 Å². The molecule has 0 saturated carbocycles. The van der Waals surface area contributed by atoms with Gasteiger partial charge >= 0.3 is 0 Å². The summed E-state index contributed by atoms with van der Waals surface area (Å²) in [5.41, 5.74) is 2.83. The molecule has 1 atom stereocenters. The van der Waals surface area contributed by atoms with Crippen molar-refractivity contribution in [2.45, 2.75) is 26.0 Å².